The van der Waals surface area contributed by atoms with Crippen LogP contribution in [-0.4, -0.2) is 24.1 Å². The molecular formula is C10H11N7O2. The van der Waals surface area contributed by atoms with Gasteiger partial charge in [0.25, 0.3) is 0 Å². The van der Waals surface area contributed by atoms with Crippen LogP contribution >= 0.6 is 0 Å². The summed E-state index contributed by atoms with van der Waals surface area (Å²) in [6, 6.07) is 5.57. The Labute approximate surface area is 108 Å². The number of carbonyl (C=O) groups excluding carboxylic acids is 1. The molecule has 0 aliphatic carbocycles. The van der Waals surface area contributed by atoms with Crippen molar-refractivity contribution in [2.24, 2.45) is 10.2 Å². The van der Waals surface area contributed by atoms with E-state index in [0.29, 0.717) is 5.56 Å². The van der Waals surface area contributed by atoms with E-state index in [1.54, 1.807) is 12.1 Å². The lowest BCUT2D eigenvalue weighted by Gasteiger charge is -2.16. The Bertz CT molecular complexity index is 529. The van der Waals surface area contributed by atoms with Crippen LogP contribution in [0.3, 0.4) is 0 Å². The SMILES string of the molecule is [N-]=[N+]=NCC(=O)N[C@@H](CN=[N+]=[N-])c1ccc(O)cc1. The van der Waals surface area contributed by atoms with Gasteiger partial charge in [-0.15, -0.1) is 0 Å². The Balaban J connectivity index is 2.81. The number of phenolic OH excluding ortho intramolecular Hbond substituents is 1. The van der Waals surface area contributed by atoms with Gasteiger partial charge in [-0.25, -0.2) is 0 Å². The van der Waals surface area contributed by atoms with Crippen molar-refractivity contribution in [3.8, 4) is 5.75 Å². The molecule has 0 saturated heterocycles. The van der Waals surface area contributed by atoms with Gasteiger partial charge in [0.05, 0.1) is 12.6 Å². The predicted octanol–water partition coefficient (Wildman–Crippen LogP) is 2.17. The Morgan fingerprint density at radius 3 is 2.47 bits per heavy atom. The van der Waals surface area contributed by atoms with Gasteiger partial charge in [0.1, 0.15) is 12.3 Å². The average molecular weight is 261 g/mol. The van der Waals surface area contributed by atoms with E-state index in [2.05, 4.69) is 25.4 Å². The van der Waals surface area contributed by atoms with Crippen LogP contribution in [0.15, 0.2) is 34.5 Å². The lowest BCUT2D eigenvalue weighted by atomic mass is 10.1. The quantitative estimate of drug-likeness (QED) is 0.458. The van der Waals surface area contributed by atoms with Gasteiger partial charge < -0.3 is 10.4 Å². The fourth-order valence-electron chi connectivity index (χ4n) is 1.39. The van der Waals surface area contributed by atoms with Crippen LogP contribution in [-0.2, 0) is 4.79 Å². The predicted molar refractivity (Wildman–Crippen MR) is 67.0 cm³/mol. The minimum Gasteiger partial charge on any atom is -0.508 e. The van der Waals surface area contributed by atoms with Crippen molar-refractivity contribution in [3.63, 3.8) is 0 Å². The summed E-state index contributed by atoms with van der Waals surface area (Å²) in [5.41, 5.74) is 17.1. The van der Waals surface area contributed by atoms with Crippen LogP contribution in [0.2, 0.25) is 0 Å². The second-order valence-corrected chi connectivity index (χ2v) is 3.51. The van der Waals surface area contributed by atoms with E-state index in [-0.39, 0.29) is 18.8 Å². The average Bonchev–Trinajstić information content (AvgIpc) is 2.42. The van der Waals surface area contributed by atoms with Gasteiger partial charge in [0, 0.05) is 9.82 Å². The number of carbonyl (C=O) groups is 1. The number of hydrogen-bond donors (Lipinski definition) is 2. The van der Waals surface area contributed by atoms with Gasteiger partial charge in [-0.2, -0.15) is 0 Å². The van der Waals surface area contributed by atoms with Crippen molar-refractivity contribution in [2.45, 2.75) is 6.04 Å². The first-order valence-corrected chi connectivity index (χ1v) is 5.27. The smallest absolute Gasteiger partial charge is 0.226 e. The number of rotatable bonds is 6. The molecule has 0 heterocycles. The fourth-order valence-corrected chi connectivity index (χ4v) is 1.39. The van der Waals surface area contributed by atoms with Gasteiger partial charge in [0.15, 0.2) is 0 Å². The monoisotopic (exact) mass is 261 g/mol. The van der Waals surface area contributed by atoms with Crippen LogP contribution < -0.4 is 5.32 Å². The molecule has 1 aromatic rings. The molecule has 2 N–H and O–H groups in total. The number of azide groups is 2. The number of benzene rings is 1. The van der Waals surface area contributed by atoms with Crippen molar-refractivity contribution < 1.29 is 9.90 Å². The first-order valence-electron chi connectivity index (χ1n) is 5.27. The molecule has 1 atom stereocenters. The highest BCUT2D eigenvalue weighted by atomic mass is 16.3. The molecule has 9 heteroatoms. The van der Waals surface area contributed by atoms with Crippen LogP contribution in [0.1, 0.15) is 11.6 Å². The van der Waals surface area contributed by atoms with Gasteiger partial charge in [-0.3, -0.25) is 4.79 Å². The maximum Gasteiger partial charge on any atom is 0.226 e. The van der Waals surface area contributed by atoms with Crippen LogP contribution in [0.25, 0.3) is 20.9 Å². The van der Waals surface area contributed by atoms with Gasteiger partial charge in [-0.05, 0) is 28.8 Å². The first kappa shape index (κ1) is 14.2. The summed E-state index contributed by atoms with van der Waals surface area (Å²) in [4.78, 5) is 16.6. The highest BCUT2D eigenvalue weighted by Gasteiger charge is 2.13. The van der Waals surface area contributed by atoms with E-state index < -0.39 is 11.9 Å². The molecule has 0 saturated carbocycles. The van der Waals surface area contributed by atoms with E-state index in [1.807, 2.05) is 0 Å². The minimum atomic E-state index is -0.544. The van der Waals surface area contributed by atoms with Crippen molar-refractivity contribution in [3.05, 3.63) is 50.7 Å². The second-order valence-electron chi connectivity index (χ2n) is 3.51. The molecule has 0 spiro atoms. The molecule has 98 valence electrons. The van der Waals surface area contributed by atoms with Crippen molar-refractivity contribution in [1.82, 2.24) is 5.32 Å². The zero-order valence-electron chi connectivity index (χ0n) is 9.84. The fraction of sp³-hybridized carbons (Fsp3) is 0.300. The molecule has 0 bridgehead atoms. The Kier molecular flexibility index (Phi) is 5.55. The number of nitrogens with one attached hydrogen (secondary N) is 1. The molecule has 0 fully saturated rings. The van der Waals surface area contributed by atoms with Crippen molar-refractivity contribution in [1.29, 1.82) is 0 Å². The lowest BCUT2D eigenvalue weighted by molar-refractivity contribution is -0.120. The molecule has 9 nitrogen and oxygen atoms in total. The van der Waals surface area contributed by atoms with E-state index in [0.717, 1.165) is 0 Å². The zero-order chi connectivity index (χ0) is 14.1. The summed E-state index contributed by atoms with van der Waals surface area (Å²) in [5, 5.41) is 18.3. The maximum absolute atomic E-state index is 11.5. The number of phenols is 1. The second kappa shape index (κ2) is 7.44. The third-order valence-electron chi connectivity index (χ3n) is 2.24. The summed E-state index contributed by atoms with van der Waals surface area (Å²) in [6.07, 6.45) is 0. The number of amides is 1. The third kappa shape index (κ3) is 4.86. The summed E-state index contributed by atoms with van der Waals surface area (Å²) in [7, 11) is 0. The molecule has 0 aromatic heterocycles. The van der Waals surface area contributed by atoms with Crippen LogP contribution in [0.4, 0.5) is 0 Å². The van der Waals surface area contributed by atoms with Gasteiger partial charge >= 0.3 is 0 Å². The highest BCUT2D eigenvalue weighted by Crippen LogP contribution is 2.17. The number of hydrogen-bond acceptors (Lipinski definition) is 4. The molecule has 1 aromatic carbocycles. The van der Waals surface area contributed by atoms with Gasteiger partial charge in [-0.1, -0.05) is 22.4 Å². The molecular weight excluding hydrogens is 250 g/mol. The van der Waals surface area contributed by atoms with Gasteiger partial charge in [0.2, 0.25) is 5.91 Å². The third-order valence-corrected chi connectivity index (χ3v) is 2.24. The molecule has 0 aliphatic rings. The first-order chi connectivity index (χ1) is 9.17. The van der Waals surface area contributed by atoms with E-state index >= 15 is 0 Å². The largest absolute Gasteiger partial charge is 0.508 e. The lowest BCUT2D eigenvalue weighted by Crippen LogP contribution is -2.31. The van der Waals surface area contributed by atoms with Crippen LogP contribution in [0.5, 0.6) is 5.75 Å². The zero-order valence-corrected chi connectivity index (χ0v) is 9.84. The van der Waals surface area contributed by atoms with E-state index in [9.17, 15) is 9.90 Å². The van der Waals surface area contributed by atoms with E-state index in [1.165, 1.54) is 12.1 Å². The maximum atomic E-state index is 11.5. The molecule has 1 rings (SSSR count). The van der Waals surface area contributed by atoms with Crippen molar-refractivity contribution in [2.75, 3.05) is 13.1 Å². The summed E-state index contributed by atoms with van der Waals surface area (Å²) in [6.45, 7) is -0.315. The summed E-state index contributed by atoms with van der Waals surface area (Å²) >= 11 is 0. The normalized spacial score (nSPS) is 10.7. The molecule has 0 radical (unpaired) electrons. The molecule has 0 unspecified atom stereocenters. The highest BCUT2D eigenvalue weighted by molar-refractivity contribution is 5.78. The standard InChI is InChI=1S/C10H11N7O2/c11-16-13-5-9(15-10(19)6-14-17-12)7-1-3-8(18)4-2-7/h1-4,9,18H,5-6H2,(H,15,19)/t9-/m0/s1. The summed E-state index contributed by atoms with van der Waals surface area (Å²) < 4.78 is 0. The Morgan fingerprint density at radius 1 is 1.26 bits per heavy atom. The molecule has 19 heavy (non-hydrogen) atoms. The van der Waals surface area contributed by atoms with E-state index in [4.69, 9.17) is 11.1 Å². The Hall–Kier alpha value is -2.89. The number of nitrogens with zero attached hydrogens (tertiary/aromatic N) is 6. The van der Waals surface area contributed by atoms with Crippen molar-refractivity contribution >= 4 is 5.91 Å². The molecule has 0 aliphatic heterocycles. The Morgan fingerprint density at radius 2 is 1.89 bits per heavy atom. The number of aromatic hydroxyl groups is 1. The molecule has 1 amide bonds. The minimum absolute atomic E-state index is 0.0171. The summed E-state index contributed by atoms with van der Waals surface area (Å²) in [5.74, 6) is -0.393. The topological polar surface area (TPSA) is 147 Å². The van der Waals surface area contributed by atoms with Crippen LogP contribution in [0, 0.1) is 0 Å².